The Labute approximate surface area is 143 Å². The predicted octanol–water partition coefficient (Wildman–Crippen LogP) is 2.68. The first-order valence-corrected chi connectivity index (χ1v) is 8.32. The first-order chi connectivity index (χ1) is 11.5. The van der Waals surface area contributed by atoms with Gasteiger partial charge in [0, 0.05) is 6.07 Å². The molecular weight excluding hydrogens is 326 g/mol. The molecule has 0 aliphatic carbocycles. The van der Waals surface area contributed by atoms with Gasteiger partial charge in [-0.15, -0.1) is 0 Å². The summed E-state index contributed by atoms with van der Waals surface area (Å²) in [5.41, 5.74) is 1.26. The summed E-state index contributed by atoms with van der Waals surface area (Å²) in [4.78, 5) is 26.3. The monoisotopic (exact) mass is 343 g/mol. The van der Waals surface area contributed by atoms with Gasteiger partial charge in [0.25, 0.3) is 0 Å². The molecule has 2 N–H and O–H groups in total. The molecule has 0 saturated carbocycles. The number of benzene rings is 1. The highest BCUT2D eigenvalue weighted by molar-refractivity contribution is 8.00. The zero-order valence-corrected chi connectivity index (χ0v) is 14.2. The van der Waals surface area contributed by atoms with Crippen LogP contribution in [0.4, 0.5) is 5.69 Å². The lowest BCUT2D eigenvalue weighted by molar-refractivity contribution is -0.113. The van der Waals surface area contributed by atoms with Crippen LogP contribution >= 0.6 is 11.8 Å². The minimum Gasteiger partial charge on any atom is -0.492 e. The van der Waals surface area contributed by atoms with Crippen LogP contribution in [0.15, 0.2) is 40.2 Å². The van der Waals surface area contributed by atoms with Crippen molar-refractivity contribution in [1.82, 2.24) is 4.98 Å². The van der Waals surface area contributed by atoms with Gasteiger partial charge < -0.3 is 15.0 Å². The Balaban J connectivity index is 2.07. The molecule has 0 spiro atoms. The first kappa shape index (κ1) is 17.6. The number of carbonyl (C=O) groups is 1. The number of pyridine rings is 1. The fraction of sp³-hybridized carbons (Fsp3) is 0.235. The standard InChI is InChI=1S/C17H17N3O3S/c1-3-23-14-7-5-4-6-13(14)19-16(22)10-24-17-12(9-18)11(2)8-15(21)20-17/h4-8H,3,10H2,1-2H3,(H,19,22)(H,20,21). The Morgan fingerprint density at radius 2 is 2.17 bits per heavy atom. The van der Waals surface area contributed by atoms with E-state index < -0.39 is 0 Å². The number of H-pyrrole nitrogens is 1. The van der Waals surface area contributed by atoms with Gasteiger partial charge in [0.05, 0.1) is 28.6 Å². The molecule has 0 aliphatic heterocycles. The zero-order chi connectivity index (χ0) is 17.5. The Bertz CT molecular complexity index is 840. The number of nitriles is 1. The normalized spacial score (nSPS) is 10.0. The average molecular weight is 343 g/mol. The summed E-state index contributed by atoms with van der Waals surface area (Å²) < 4.78 is 5.46. The van der Waals surface area contributed by atoms with Crippen molar-refractivity contribution in [2.24, 2.45) is 0 Å². The summed E-state index contributed by atoms with van der Waals surface area (Å²) in [6, 6.07) is 10.6. The average Bonchev–Trinajstić information content (AvgIpc) is 2.54. The number of para-hydroxylation sites is 2. The summed E-state index contributed by atoms with van der Waals surface area (Å²) >= 11 is 1.12. The Kier molecular flexibility index (Phi) is 6.04. The molecule has 2 rings (SSSR count). The number of nitrogens with one attached hydrogen (secondary N) is 2. The molecule has 0 aliphatic rings. The van der Waals surface area contributed by atoms with Crippen LogP contribution in [0.25, 0.3) is 0 Å². The molecule has 0 saturated heterocycles. The Morgan fingerprint density at radius 3 is 2.88 bits per heavy atom. The van der Waals surface area contributed by atoms with Crippen molar-refractivity contribution in [2.75, 3.05) is 17.7 Å². The number of anilines is 1. The number of thioether (sulfide) groups is 1. The summed E-state index contributed by atoms with van der Waals surface area (Å²) in [7, 11) is 0. The lowest BCUT2D eigenvalue weighted by Crippen LogP contribution is -2.16. The molecule has 1 aromatic carbocycles. The minimum absolute atomic E-state index is 0.0640. The lowest BCUT2D eigenvalue weighted by atomic mass is 10.2. The van der Waals surface area contributed by atoms with Gasteiger partial charge >= 0.3 is 0 Å². The van der Waals surface area contributed by atoms with E-state index in [1.807, 2.05) is 19.1 Å². The van der Waals surface area contributed by atoms with Crippen LogP contribution in [0.3, 0.4) is 0 Å². The topological polar surface area (TPSA) is 95.0 Å². The first-order valence-electron chi connectivity index (χ1n) is 7.33. The van der Waals surface area contributed by atoms with E-state index in [2.05, 4.69) is 10.3 Å². The smallest absolute Gasteiger partial charge is 0.249 e. The second-order valence-electron chi connectivity index (χ2n) is 4.90. The largest absolute Gasteiger partial charge is 0.492 e. The maximum atomic E-state index is 12.1. The van der Waals surface area contributed by atoms with Crippen molar-refractivity contribution in [2.45, 2.75) is 18.9 Å². The van der Waals surface area contributed by atoms with Gasteiger partial charge in [-0.05, 0) is 31.5 Å². The van der Waals surface area contributed by atoms with Crippen LogP contribution < -0.4 is 15.6 Å². The van der Waals surface area contributed by atoms with E-state index >= 15 is 0 Å². The van der Waals surface area contributed by atoms with Crippen molar-refractivity contribution in [3.05, 3.63) is 51.8 Å². The van der Waals surface area contributed by atoms with Crippen LogP contribution in [0.1, 0.15) is 18.1 Å². The summed E-state index contributed by atoms with van der Waals surface area (Å²) in [6.45, 7) is 4.06. The molecule has 0 bridgehead atoms. The number of aromatic nitrogens is 1. The maximum Gasteiger partial charge on any atom is 0.249 e. The number of aryl methyl sites for hydroxylation is 1. The van der Waals surface area contributed by atoms with E-state index in [0.29, 0.717) is 34.2 Å². The molecule has 124 valence electrons. The predicted molar refractivity (Wildman–Crippen MR) is 93.5 cm³/mol. The number of hydrogen-bond donors (Lipinski definition) is 2. The molecular formula is C17H17N3O3S. The van der Waals surface area contributed by atoms with Crippen LogP contribution in [-0.2, 0) is 4.79 Å². The summed E-state index contributed by atoms with van der Waals surface area (Å²) in [5.74, 6) is 0.410. The van der Waals surface area contributed by atoms with Gasteiger partial charge in [-0.3, -0.25) is 9.59 Å². The van der Waals surface area contributed by atoms with Crippen molar-refractivity contribution in [1.29, 1.82) is 5.26 Å². The minimum atomic E-state index is -0.295. The van der Waals surface area contributed by atoms with E-state index in [1.165, 1.54) is 6.07 Å². The van der Waals surface area contributed by atoms with E-state index in [9.17, 15) is 14.9 Å². The summed E-state index contributed by atoms with van der Waals surface area (Å²) in [6.07, 6.45) is 0. The number of rotatable bonds is 6. The number of ether oxygens (including phenoxy) is 1. The second-order valence-corrected chi connectivity index (χ2v) is 5.88. The van der Waals surface area contributed by atoms with Crippen molar-refractivity contribution in [3.63, 3.8) is 0 Å². The molecule has 0 atom stereocenters. The van der Waals surface area contributed by atoms with Crippen LogP contribution in [0.2, 0.25) is 0 Å². The Hall–Kier alpha value is -2.72. The van der Waals surface area contributed by atoms with Gasteiger partial charge in [0.2, 0.25) is 11.5 Å². The third-order valence-electron chi connectivity index (χ3n) is 3.13. The summed E-state index contributed by atoms with van der Waals surface area (Å²) in [5, 5.41) is 12.4. The molecule has 0 radical (unpaired) electrons. The highest BCUT2D eigenvalue weighted by Crippen LogP contribution is 2.25. The number of aromatic amines is 1. The van der Waals surface area contributed by atoms with Crippen LogP contribution in [0.5, 0.6) is 5.75 Å². The molecule has 6 nitrogen and oxygen atoms in total. The Morgan fingerprint density at radius 1 is 1.42 bits per heavy atom. The molecule has 1 amide bonds. The molecule has 0 unspecified atom stereocenters. The van der Waals surface area contributed by atoms with Crippen molar-refractivity contribution >= 4 is 23.4 Å². The second kappa shape index (κ2) is 8.22. The number of nitrogens with zero attached hydrogens (tertiary/aromatic N) is 1. The molecule has 0 fully saturated rings. The van der Waals surface area contributed by atoms with Crippen LogP contribution in [0, 0.1) is 18.3 Å². The van der Waals surface area contributed by atoms with Gasteiger partial charge in [-0.2, -0.15) is 5.26 Å². The zero-order valence-electron chi connectivity index (χ0n) is 13.4. The van der Waals surface area contributed by atoms with Gasteiger partial charge in [-0.25, -0.2) is 0 Å². The highest BCUT2D eigenvalue weighted by Gasteiger charge is 2.12. The lowest BCUT2D eigenvalue weighted by Gasteiger charge is -2.11. The number of hydrogen-bond acceptors (Lipinski definition) is 5. The van der Waals surface area contributed by atoms with E-state index in [0.717, 1.165) is 11.8 Å². The number of carbonyl (C=O) groups excluding carboxylic acids is 1. The van der Waals surface area contributed by atoms with Gasteiger partial charge in [0.1, 0.15) is 11.8 Å². The molecule has 1 heterocycles. The van der Waals surface area contributed by atoms with Crippen molar-refractivity contribution in [3.8, 4) is 11.8 Å². The third kappa shape index (κ3) is 4.40. The van der Waals surface area contributed by atoms with Gasteiger partial charge in [0.15, 0.2) is 0 Å². The van der Waals surface area contributed by atoms with E-state index in [1.54, 1.807) is 25.1 Å². The van der Waals surface area contributed by atoms with Gasteiger partial charge in [-0.1, -0.05) is 23.9 Å². The SMILES string of the molecule is CCOc1ccccc1NC(=O)CSc1[nH]c(=O)cc(C)c1C#N. The van der Waals surface area contributed by atoms with Crippen LogP contribution in [-0.4, -0.2) is 23.3 Å². The third-order valence-corrected chi connectivity index (χ3v) is 4.13. The molecule has 1 aromatic heterocycles. The molecule has 2 aromatic rings. The van der Waals surface area contributed by atoms with E-state index in [-0.39, 0.29) is 17.2 Å². The molecule has 24 heavy (non-hydrogen) atoms. The maximum absolute atomic E-state index is 12.1. The molecule has 7 heteroatoms. The van der Waals surface area contributed by atoms with E-state index in [4.69, 9.17) is 4.74 Å². The fourth-order valence-electron chi connectivity index (χ4n) is 2.08. The number of amides is 1. The highest BCUT2D eigenvalue weighted by atomic mass is 32.2. The quantitative estimate of drug-likeness (QED) is 0.786. The van der Waals surface area contributed by atoms with Crippen molar-refractivity contribution < 1.29 is 9.53 Å². The fourth-order valence-corrected chi connectivity index (χ4v) is 2.95.